The van der Waals surface area contributed by atoms with Crippen LogP contribution in [0.2, 0.25) is 5.02 Å². The maximum atomic E-state index is 12.9. The minimum absolute atomic E-state index is 0.143. The molecule has 2 aromatic carbocycles. The van der Waals surface area contributed by atoms with Gasteiger partial charge in [-0.15, -0.1) is 0 Å². The summed E-state index contributed by atoms with van der Waals surface area (Å²) in [4.78, 5) is 19.5. The zero-order valence-corrected chi connectivity index (χ0v) is 14.7. The van der Waals surface area contributed by atoms with Gasteiger partial charge in [0.1, 0.15) is 0 Å². The number of benzene rings is 2. The van der Waals surface area contributed by atoms with Crippen molar-refractivity contribution in [1.82, 2.24) is 4.98 Å². The van der Waals surface area contributed by atoms with E-state index < -0.39 is 0 Å². The number of aromatic nitrogens is 1. The summed E-state index contributed by atoms with van der Waals surface area (Å²) in [7, 11) is 0. The first-order chi connectivity index (χ1) is 11.7. The van der Waals surface area contributed by atoms with E-state index in [0.29, 0.717) is 11.6 Å². The number of halogens is 1. The Morgan fingerprint density at radius 3 is 2.71 bits per heavy atom. The molecule has 1 fully saturated rings. The Bertz CT molecular complexity index is 873. The lowest BCUT2D eigenvalue weighted by atomic mass is 9.84. The SMILES string of the molecule is O=C(C1CCC1)N(Cc1ccccc1)c1nc2ccc(Cl)cc2s1. The first-order valence-electron chi connectivity index (χ1n) is 8.12. The molecule has 0 N–H and O–H groups in total. The van der Waals surface area contributed by atoms with Crippen molar-refractivity contribution in [2.75, 3.05) is 4.90 Å². The van der Waals surface area contributed by atoms with Crippen molar-refractivity contribution >= 4 is 44.2 Å². The molecule has 0 radical (unpaired) electrons. The van der Waals surface area contributed by atoms with E-state index in [1.165, 1.54) is 11.3 Å². The van der Waals surface area contributed by atoms with Gasteiger partial charge in [0.2, 0.25) is 5.91 Å². The van der Waals surface area contributed by atoms with Crippen LogP contribution in [0.5, 0.6) is 0 Å². The predicted molar refractivity (Wildman–Crippen MR) is 99.6 cm³/mol. The molecule has 1 amide bonds. The standard InChI is InChI=1S/C19H17ClN2OS/c20-15-9-10-16-17(11-15)24-19(21-16)22(18(23)14-7-4-8-14)12-13-5-2-1-3-6-13/h1-3,5-6,9-11,14H,4,7-8,12H2. The number of carbonyl (C=O) groups is 1. The second-order valence-corrected chi connectivity index (χ2v) is 7.59. The maximum Gasteiger partial charge on any atom is 0.232 e. The molecule has 4 rings (SSSR count). The number of anilines is 1. The van der Waals surface area contributed by atoms with Gasteiger partial charge in [-0.1, -0.05) is 59.7 Å². The van der Waals surface area contributed by atoms with Gasteiger partial charge in [-0.25, -0.2) is 4.98 Å². The van der Waals surface area contributed by atoms with Crippen molar-refractivity contribution in [3.8, 4) is 0 Å². The Morgan fingerprint density at radius 2 is 2.00 bits per heavy atom. The van der Waals surface area contributed by atoms with Gasteiger partial charge in [0.05, 0.1) is 16.8 Å². The third-order valence-electron chi connectivity index (χ3n) is 4.47. The van der Waals surface area contributed by atoms with Gasteiger partial charge >= 0.3 is 0 Å². The summed E-state index contributed by atoms with van der Waals surface area (Å²) in [5.41, 5.74) is 2.00. The third kappa shape index (κ3) is 3.04. The molecule has 0 bridgehead atoms. The molecule has 3 nitrogen and oxygen atoms in total. The van der Waals surface area contributed by atoms with E-state index >= 15 is 0 Å². The van der Waals surface area contributed by atoms with E-state index in [-0.39, 0.29) is 11.8 Å². The number of carbonyl (C=O) groups excluding carboxylic acids is 1. The Morgan fingerprint density at radius 1 is 1.21 bits per heavy atom. The van der Waals surface area contributed by atoms with E-state index in [9.17, 15) is 4.79 Å². The Labute approximate surface area is 149 Å². The number of thiazole rings is 1. The van der Waals surface area contributed by atoms with Crippen molar-refractivity contribution < 1.29 is 4.79 Å². The number of hydrogen-bond donors (Lipinski definition) is 0. The van der Waals surface area contributed by atoms with Gasteiger partial charge < -0.3 is 0 Å². The van der Waals surface area contributed by atoms with Crippen LogP contribution in [0.3, 0.4) is 0 Å². The minimum Gasteiger partial charge on any atom is -0.283 e. The van der Waals surface area contributed by atoms with E-state index in [1.807, 2.05) is 53.4 Å². The molecule has 0 unspecified atom stereocenters. The monoisotopic (exact) mass is 356 g/mol. The summed E-state index contributed by atoms with van der Waals surface area (Å²) < 4.78 is 1.01. The van der Waals surface area contributed by atoms with Gasteiger partial charge in [0.15, 0.2) is 5.13 Å². The van der Waals surface area contributed by atoms with Crippen molar-refractivity contribution in [3.05, 3.63) is 59.1 Å². The normalized spacial score (nSPS) is 14.5. The number of hydrogen-bond acceptors (Lipinski definition) is 3. The topological polar surface area (TPSA) is 33.2 Å². The third-order valence-corrected chi connectivity index (χ3v) is 5.75. The van der Waals surface area contributed by atoms with E-state index in [2.05, 4.69) is 4.98 Å². The van der Waals surface area contributed by atoms with Crippen molar-refractivity contribution in [2.24, 2.45) is 5.92 Å². The molecule has 0 saturated heterocycles. The number of amides is 1. The van der Waals surface area contributed by atoms with E-state index in [4.69, 9.17) is 11.6 Å². The Hall–Kier alpha value is -1.91. The minimum atomic E-state index is 0.143. The second kappa shape index (κ2) is 6.54. The highest BCUT2D eigenvalue weighted by molar-refractivity contribution is 7.22. The quantitative estimate of drug-likeness (QED) is 0.637. The van der Waals surface area contributed by atoms with E-state index in [1.54, 1.807) is 0 Å². The second-order valence-electron chi connectivity index (χ2n) is 6.15. The molecule has 24 heavy (non-hydrogen) atoms. The van der Waals surface area contributed by atoms with Crippen molar-refractivity contribution in [2.45, 2.75) is 25.8 Å². The fourth-order valence-corrected chi connectivity index (χ4v) is 4.13. The van der Waals surface area contributed by atoms with E-state index in [0.717, 1.165) is 40.2 Å². The molecule has 0 atom stereocenters. The largest absolute Gasteiger partial charge is 0.283 e. The van der Waals surface area contributed by atoms with Crippen LogP contribution >= 0.6 is 22.9 Å². The zero-order valence-electron chi connectivity index (χ0n) is 13.1. The molecular formula is C19H17ClN2OS. The first kappa shape index (κ1) is 15.6. The first-order valence-corrected chi connectivity index (χ1v) is 9.31. The van der Waals surface area contributed by atoms with Gasteiger partial charge in [0, 0.05) is 10.9 Å². The molecule has 1 aromatic heterocycles. The highest BCUT2D eigenvalue weighted by atomic mass is 35.5. The maximum absolute atomic E-state index is 12.9. The average Bonchev–Trinajstić information content (AvgIpc) is 2.94. The zero-order chi connectivity index (χ0) is 16.5. The van der Waals surface area contributed by atoms with Crippen LogP contribution in [0.1, 0.15) is 24.8 Å². The summed E-state index contributed by atoms with van der Waals surface area (Å²) in [6, 6.07) is 15.7. The van der Waals surface area contributed by atoms with Crippen LogP contribution in [0, 0.1) is 5.92 Å². The summed E-state index contributed by atoms with van der Waals surface area (Å²) in [5, 5.41) is 1.45. The van der Waals surface area contributed by atoms with Crippen LogP contribution < -0.4 is 4.90 Å². The van der Waals surface area contributed by atoms with Crippen LogP contribution in [0.25, 0.3) is 10.2 Å². The summed E-state index contributed by atoms with van der Waals surface area (Å²) >= 11 is 7.61. The molecule has 122 valence electrons. The van der Waals surface area contributed by atoms with Crippen LogP contribution in [0.4, 0.5) is 5.13 Å². The molecule has 1 saturated carbocycles. The molecule has 0 spiro atoms. The predicted octanol–water partition coefficient (Wildman–Crippen LogP) is 5.28. The van der Waals surface area contributed by atoms with Crippen LogP contribution in [0.15, 0.2) is 48.5 Å². The van der Waals surface area contributed by atoms with Gasteiger partial charge in [-0.2, -0.15) is 0 Å². The molecule has 1 aliphatic carbocycles. The number of fused-ring (bicyclic) bond motifs is 1. The lowest BCUT2D eigenvalue weighted by molar-refractivity contribution is -0.124. The number of nitrogens with zero attached hydrogens (tertiary/aromatic N) is 2. The molecular weight excluding hydrogens is 340 g/mol. The molecule has 1 aliphatic rings. The van der Waals surface area contributed by atoms with Crippen molar-refractivity contribution in [1.29, 1.82) is 0 Å². The smallest absolute Gasteiger partial charge is 0.232 e. The van der Waals surface area contributed by atoms with Gasteiger partial charge in [-0.3, -0.25) is 9.69 Å². The average molecular weight is 357 g/mol. The lowest BCUT2D eigenvalue weighted by Crippen LogP contribution is -2.38. The fourth-order valence-electron chi connectivity index (χ4n) is 2.88. The summed E-state index contributed by atoms with van der Waals surface area (Å²) in [5.74, 6) is 0.333. The Kier molecular flexibility index (Phi) is 4.25. The number of rotatable bonds is 4. The Balaban J connectivity index is 1.71. The molecule has 5 heteroatoms. The fraction of sp³-hybridized carbons (Fsp3) is 0.263. The van der Waals surface area contributed by atoms with Gasteiger partial charge in [0.25, 0.3) is 0 Å². The van der Waals surface area contributed by atoms with Gasteiger partial charge in [-0.05, 0) is 36.6 Å². The highest BCUT2D eigenvalue weighted by Crippen LogP contribution is 2.35. The molecule has 3 aromatic rings. The molecule has 0 aliphatic heterocycles. The van der Waals surface area contributed by atoms with Crippen molar-refractivity contribution in [3.63, 3.8) is 0 Å². The lowest BCUT2D eigenvalue weighted by Gasteiger charge is -2.30. The summed E-state index contributed by atoms with van der Waals surface area (Å²) in [6.45, 7) is 0.559. The van der Waals surface area contributed by atoms with Crippen LogP contribution in [-0.2, 0) is 11.3 Å². The van der Waals surface area contributed by atoms with Crippen LogP contribution in [-0.4, -0.2) is 10.9 Å². The summed E-state index contributed by atoms with van der Waals surface area (Å²) in [6.07, 6.45) is 3.12. The highest BCUT2D eigenvalue weighted by Gasteiger charge is 2.31. The molecule has 1 heterocycles.